The molecule has 0 heterocycles. The summed E-state index contributed by atoms with van der Waals surface area (Å²) in [5.41, 5.74) is 6.62. The first kappa shape index (κ1) is 15.2. The molecule has 0 unspecified atom stereocenters. The van der Waals surface area contributed by atoms with E-state index in [0.717, 1.165) is 18.4 Å². The third-order valence-corrected chi connectivity index (χ3v) is 3.62. The summed E-state index contributed by atoms with van der Waals surface area (Å²) in [4.78, 5) is 11.9. The van der Waals surface area contributed by atoms with Crippen molar-refractivity contribution in [2.75, 3.05) is 6.54 Å². The summed E-state index contributed by atoms with van der Waals surface area (Å²) in [5, 5.41) is 0.673. The van der Waals surface area contributed by atoms with E-state index in [2.05, 4.69) is 13.8 Å². The second kappa shape index (κ2) is 6.91. The van der Waals surface area contributed by atoms with Crippen LogP contribution in [0.1, 0.15) is 38.7 Å². The Morgan fingerprint density at radius 3 is 2.56 bits per heavy atom. The summed E-state index contributed by atoms with van der Waals surface area (Å²) in [7, 11) is 0. The summed E-state index contributed by atoms with van der Waals surface area (Å²) >= 11 is 6.04. The minimum atomic E-state index is 0.144. The quantitative estimate of drug-likeness (QED) is 0.820. The molecule has 2 nitrogen and oxygen atoms in total. The second-order valence-corrected chi connectivity index (χ2v) is 5.92. The van der Waals surface area contributed by atoms with Gasteiger partial charge in [0.25, 0.3) is 0 Å². The van der Waals surface area contributed by atoms with Gasteiger partial charge in [-0.05, 0) is 36.4 Å². The van der Waals surface area contributed by atoms with Crippen molar-refractivity contribution < 1.29 is 4.79 Å². The molecule has 1 rings (SSSR count). The minimum absolute atomic E-state index is 0.144. The van der Waals surface area contributed by atoms with E-state index in [1.165, 1.54) is 0 Å². The van der Waals surface area contributed by atoms with Crippen LogP contribution >= 0.6 is 11.6 Å². The van der Waals surface area contributed by atoms with Crippen LogP contribution in [0.15, 0.2) is 24.3 Å². The van der Waals surface area contributed by atoms with Gasteiger partial charge in [-0.2, -0.15) is 0 Å². The first-order valence-corrected chi connectivity index (χ1v) is 6.77. The van der Waals surface area contributed by atoms with E-state index in [4.69, 9.17) is 17.3 Å². The number of carbonyl (C=O) groups is 1. The van der Waals surface area contributed by atoms with Crippen molar-refractivity contribution >= 4 is 17.4 Å². The van der Waals surface area contributed by atoms with Crippen molar-refractivity contribution in [3.05, 3.63) is 34.9 Å². The van der Waals surface area contributed by atoms with Gasteiger partial charge in [-0.1, -0.05) is 43.6 Å². The number of halogens is 1. The molecule has 100 valence electrons. The molecule has 0 amide bonds. The molecule has 0 aromatic heterocycles. The Morgan fingerprint density at radius 2 is 1.94 bits per heavy atom. The molecule has 1 aromatic rings. The van der Waals surface area contributed by atoms with Gasteiger partial charge in [0.1, 0.15) is 5.78 Å². The summed E-state index contributed by atoms with van der Waals surface area (Å²) in [6.45, 7) is 4.98. The Labute approximate surface area is 115 Å². The van der Waals surface area contributed by atoms with E-state index in [0.29, 0.717) is 24.4 Å². The maximum Gasteiger partial charge on any atom is 0.137 e. The van der Waals surface area contributed by atoms with Crippen molar-refractivity contribution in [1.29, 1.82) is 0 Å². The molecule has 0 spiro atoms. The van der Waals surface area contributed by atoms with Crippen molar-refractivity contribution in [1.82, 2.24) is 0 Å². The topological polar surface area (TPSA) is 43.1 Å². The number of benzene rings is 1. The van der Waals surface area contributed by atoms with E-state index in [-0.39, 0.29) is 11.2 Å². The Kier molecular flexibility index (Phi) is 5.83. The predicted octanol–water partition coefficient (Wildman–Crippen LogP) is 3.61. The molecule has 1 aromatic carbocycles. The molecule has 0 atom stereocenters. The molecule has 0 aliphatic heterocycles. The molecule has 0 radical (unpaired) electrons. The average molecular weight is 268 g/mol. The van der Waals surface area contributed by atoms with Crippen LogP contribution in [0.5, 0.6) is 0 Å². The van der Waals surface area contributed by atoms with E-state index in [1.54, 1.807) is 0 Å². The van der Waals surface area contributed by atoms with Crippen LogP contribution in [0.3, 0.4) is 0 Å². The third-order valence-electron chi connectivity index (χ3n) is 3.25. The zero-order valence-corrected chi connectivity index (χ0v) is 12.0. The molecule has 2 N–H and O–H groups in total. The van der Waals surface area contributed by atoms with Crippen LogP contribution in [0.25, 0.3) is 0 Å². The van der Waals surface area contributed by atoms with E-state index >= 15 is 0 Å². The Balaban J connectivity index is 2.46. The highest BCUT2D eigenvalue weighted by molar-refractivity contribution is 6.31. The lowest BCUT2D eigenvalue weighted by Crippen LogP contribution is -2.18. The van der Waals surface area contributed by atoms with Crippen LogP contribution < -0.4 is 5.73 Å². The van der Waals surface area contributed by atoms with Crippen molar-refractivity contribution in [3.8, 4) is 0 Å². The normalized spacial score (nSPS) is 11.6. The van der Waals surface area contributed by atoms with E-state index in [9.17, 15) is 4.79 Å². The number of ketones is 1. The number of carbonyl (C=O) groups excluding carboxylic acids is 1. The summed E-state index contributed by atoms with van der Waals surface area (Å²) < 4.78 is 0. The van der Waals surface area contributed by atoms with Crippen molar-refractivity contribution in [2.24, 2.45) is 11.1 Å². The van der Waals surface area contributed by atoms with Gasteiger partial charge in [0.15, 0.2) is 0 Å². The van der Waals surface area contributed by atoms with Gasteiger partial charge in [0, 0.05) is 17.9 Å². The smallest absolute Gasteiger partial charge is 0.137 e. The van der Waals surface area contributed by atoms with E-state index < -0.39 is 0 Å². The van der Waals surface area contributed by atoms with Crippen LogP contribution in [-0.4, -0.2) is 12.3 Å². The third kappa shape index (κ3) is 5.19. The summed E-state index contributed by atoms with van der Waals surface area (Å²) in [5.74, 6) is 0.244. The van der Waals surface area contributed by atoms with Crippen LogP contribution in [-0.2, 0) is 11.2 Å². The summed E-state index contributed by atoms with van der Waals surface area (Å²) in [6, 6.07) is 7.52. The largest absolute Gasteiger partial charge is 0.330 e. The number of rotatable bonds is 7. The Morgan fingerprint density at radius 1 is 1.28 bits per heavy atom. The van der Waals surface area contributed by atoms with Crippen LogP contribution in [0.2, 0.25) is 5.02 Å². The van der Waals surface area contributed by atoms with Gasteiger partial charge < -0.3 is 5.73 Å². The fraction of sp³-hybridized carbons (Fsp3) is 0.533. The number of Topliss-reactive ketones (excluding diaryl/α,β-unsaturated/α-hetero) is 1. The number of hydrogen-bond acceptors (Lipinski definition) is 2. The monoisotopic (exact) mass is 267 g/mol. The standard InChI is InChI=1S/C15H22ClNO/c1-15(2,9-10-17)8-7-13(18)11-12-5-3-4-6-14(12)16/h3-6H,7-11,17H2,1-2H3. The maximum atomic E-state index is 11.9. The maximum absolute atomic E-state index is 11.9. The van der Waals surface area contributed by atoms with Gasteiger partial charge in [-0.25, -0.2) is 0 Å². The highest BCUT2D eigenvalue weighted by Crippen LogP contribution is 2.26. The molecule has 0 aliphatic rings. The lowest BCUT2D eigenvalue weighted by Gasteiger charge is -2.23. The number of nitrogens with two attached hydrogens (primary N) is 1. The first-order valence-electron chi connectivity index (χ1n) is 6.40. The van der Waals surface area contributed by atoms with E-state index in [1.807, 2.05) is 24.3 Å². The van der Waals surface area contributed by atoms with Gasteiger partial charge >= 0.3 is 0 Å². The molecular weight excluding hydrogens is 246 g/mol. The number of hydrogen-bond donors (Lipinski definition) is 1. The van der Waals surface area contributed by atoms with Gasteiger partial charge in [0.2, 0.25) is 0 Å². The molecule has 3 heteroatoms. The lowest BCUT2D eigenvalue weighted by atomic mass is 9.83. The van der Waals surface area contributed by atoms with Crippen molar-refractivity contribution in [2.45, 2.75) is 39.5 Å². The Bertz CT molecular complexity index is 401. The van der Waals surface area contributed by atoms with Crippen LogP contribution in [0, 0.1) is 5.41 Å². The molecule has 0 fully saturated rings. The van der Waals surface area contributed by atoms with Crippen LogP contribution in [0.4, 0.5) is 0 Å². The lowest BCUT2D eigenvalue weighted by molar-refractivity contribution is -0.119. The molecule has 0 saturated heterocycles. The fourth-order valence-corrected chi connectivity index (χ4v) is 2.14. The van der Waals surface area contributed by atoms with Gasteiger partial charge in [-0.3, -0.25) is 4.79 Å². The molecule has 18 heavy (non-hydrogen) atoms. The predicted molar refractivity (Wildman–Crippen MR) is 76.8 cm³/mol. The first-order chi connectivity index (χ1) is 8.44. The molecule has 0 bridgehead atoms. The highest BCUT2D eigenvalue weighted by atomic mass is 35.5. The zero-order valence-electron chi connectivity index (χ0n) is 11.2. The second-order valence-electron chi connectivity index (χ2n) is 5.51. The van der Waals surface area contributed by atoms with Gasteiger partial charge in [0.05, 0.1) is 0 Å². The Hall–Kier alpha value is -0.860. The highest BCUT2D eigenvalue weighted by Gasteiger charge is 2.18. The molecular formula is C15H22ClNO. The molecule has 0 saturated carbocycles. The molecule has 0 aliphatic carbocycles. The summed E-state index contributed by atoms with van der Waals surface area (Å²) in [6.07, 6.45) is 2.86. The zero-order chi connectivity index (χ0) is 13.6. The van der Waals surface area contributed by atoms with Crippen molar-refractivity contribution in [3.63, 3.8) is 0 Å². The SMILES string of the molecule is CC(C)(CCN)CCC(=O)Cc1ccccc1Cl. The minimum Gasteiger partial charge on any atom is -0.330 e. The fourth-order valence-electron chi connectivity index (χ4n) is 1.94. The average Bonchev–Trinajstić information content (AvgIpc) is 2.30. The van der Waals surface area contributed by atoms with Gasteiger partial charge in [-0.15, -0.1) is 0 Å².